The molecular weight excluding hydrogens is 266 g/mol. The van der Waals surface area contributed by atoms with E-state index in [0.29, 0.717) is 25.3 Å². The average Bonchev–Trinajstić information content (AvgIpc) is 2.38. The number of hydrogen-bond acceptors (Lipinski definition) is 5. The lowest BCUT2D eigenvalue weighted by atomic mass is 10.3. The summed E-state index contributed by atoms with van der Waals surface area (Å²) in [6.45, 7) is 5.15. The van der Waals surface area contributed by atoms with Crippen LogP contribution in [0.5, 0.6) is 0 Å². The molecule has 1 rings (SSSR count). The molecular formula is C12H22ClN5O. The van der Waals surface area contributed by atoms with Crippen molar-refractivity contribution in [2.75, 3.05) is 45.2 Å². The molecule has 0 radical (unpaired) electrons. The van der Waals surface area contributed by atoms with Crippen LogP contribution in [-0.2, 0) is 6.54 Å². The van der Waals surface area contributed by atoms with Gasteiger partial charge in [-0.05, 0) is 21.0 Å². The molecule has 0 unspecified atom stereocenters. The summed E-state index contributed by atoms with van der Waals surface area (Å²) in [5.74, 6) is 0. The van der Waals surface area contributed by atoms with Gasteiger partial charge in [0.2, 0.25) is 0 Å². The smallest absolute Gasteiger partial charge is 0.287 e. The third kappa shape index (κ3) is 4.19. The molecule has 19 heavy (non-hydrogen) atoms. The van der Waals surface area contributed by atoms with Crippen LogP contribution in [0.4, 0.5) is 5.69 Å². The predicted molar refractivity (Wildman–Crippen MR) is 79.0 cm³/mol. The normalized spacial score (nSPS) is 11.1. The fourth-order valence-corrected chi connectivity index (χ4v) is 2.00. The van der Waals surface area contributed by atoms with Gasteiger partial charge in [-0.15, -0.1) is 0 Å². The van der Waals surface area contributed by atoms with Gasteiger partial charge in [0.25, 0.3) is 5.56 Å². The molecule has 1 aromatic rings. The molecule has 0 spiro atoms. The van der Waals surface area contributed by atoms with Gasteiger partial charge in [-0.25, -0.2) is 4.68 Å². The minimum Gasteiger partial charge on any atom is -0.368 e. The zero-order valence-electron chi connectivity index (χ0n) is 11.8. The second-order valence-electron chi connectivity index (χ2n) is 4.54. The highest BCUT2D eigenvalue weighted by molar-refractivity contribution is 6.33. The van der Waals surface area contributed by atoms with E-state index in [0.717, 1.165) is 13.1 Å². The summed E-state index contributed by atoms with van der Waals surface area (Å²) in [5, 5.41) is 4.38. The molecule has 0 atom stereocenters. The number of halogens is 1. The van der Waals surface area contributed by atoms with Gasteiger partial charge in [-0.3, -0.25) is 4.79 Å². The van der Waals surface area contributed by atoms with E-state index < -0.39 is 0 Å². The molecule has 7 heteroatoms. The third-order valence-electron chi connectivity index (χ3n) is 2.85. The topological polar surface area (TPSA) is 67.4 Å². The molecule has 1 heterocycles. The Morgan fingerprint density at radius 3 is 2.63 bits per heavy atom. The van der Waals surface area contributed by atoms with Crippen molar-refractivity contribution in [3.8, 4) is 0 Å². The first-order valence-corrected chi connectivity index (χ1v) is 6.74. The minimum atomic E-state index is -0.253. The minimum absolute atomic E-state index is 0.212. The highest BCUT2D eigenvalue weighted by Crippen LogP contribution is 2.20. The monoisotopic (exact) mass is 287 g/mol. The Morgan fingerprint density at radius 1 is 1.42 bits per heavy atom. The van der Waals surface area contributed by atoms with Crippen LogP contribution in [0.1, 0.15) is 6.92 Å². The molecule has 0 aliphatic heterocycles. The highest BCUT2D eigenvalue weighted by Gasteiger charge is 2.14. The van der Waals surface area contributed by atoms with Gasteiger partial charge in [0.05, 0.1) is 18.4 Å². The van der Waals surface area contributed by atoms with Crippen LogP contribution in [0.15, 0.2) is 11.0 Å². The number of nitrogens with two attached hydrogens (primary N) is 1. The Morgan fingerprint density at radius 2 is 2.11 bits per heavy atom. The number of likely N-dealkylation sites (N-methyl/N-ethyl adjacent to an activating group) is 2. The van der Waals surface area contributed by atoms with Gasteiger partial charge in [0, 0.05) is 26.2 Å². The van der Waals surface area contributed by atoms with E-state index in [1.807, 2.05) is 30.8 Å². The first-order valence-electron chi connectivity index (χ1n) is 6.36. The number of anilines is 1. The van der Waals surface area contributed by atoms with Crippen LogP contribution >= 0.6 is 11.6 Å². The van der Waals surface area contributed by atoms with Crippen LogP contribution in [-0.4, -0.2) is 55.0 Å². The maximum atomic E-state index is 12.1. The maximum Gasteiger partial charge on any atom is 0.287 e. The van der Waals surface area contributed by atoms with E-state index >= 15 is 0 Å². The van der Waals surface area contributed by atoms with Gasteiger partial charge in [0.1, 0.15) is 5.02 Å². The van der Waals surface area contributed by atoms with Gasteiger partial charge in [0.15, 0.2) is 0 Å². The lowest BCUT2D eigenvalue weighted by Crippen LogP contribution is -2.34. The van der Waals surface area contributed by atoms with E-state index in [-0.39, 0.29) is 10.6 Å². The van der Waals surface area contributed by atoms with Gasteiger partial charge < -0.3 is 15.5 Å². The van der Waals surface area contributed by atoms with Crippen molar-refractivity contribution in [3.05, 3.63) is 21.6 Å². The third-order valence-corrected chi connectivity index (χ3v) is 3.20. The van der Waals surface area contributed by atoms with E-state index in [4.69, 9.17) is 17.3 Å². The van der Waals surface area contributed by atoms with Crippen LogP contribution in [0, 0.1) is 0 Å². The Kier molecular flexibility index (Phi) is 6.27. The second-order valence-corrected chi connectivity index (χ2v) is 4.92. The van der Waals surface area contributed by atoms with Crippen molar-refractivity contribution in [2.45, 2.75) is 13.5 Å². The molecule has 0 aliphatic carbocycles. The Bertz CT molecular complexity index is 460. The van der Waals surface area contributed by atoms with Crippen LogP contribution in [0.25, 0.3) is 0 Å². The van der Waals surface area contributed by atoms with Crippen molar-refractivity contribution in [2.24, 2.45) is 5.73 Å². The van der Waals surface area contributed by atoms with Gasteiger partial charge in [-0.2, -0.15) is 5.10 Å². The molecule has 108 valence electrons. The van der Waals surface area contributed by atoms with Crippen molar-refractivity contribution >= 4 is 17.3 Å². The molecule has 0 amide bonds. The fraction of sp³-hybridized carbons (Fsp3) is 0.667. The Hall–Kier alpha value is -1.11. The molecule has 0 aliphatic rings. The molecule has 1 aromatic heterocycles. The van der Waals surface area contributed by atoms with Crippen LogP contribution in [0.3, 0.4) is 0 Å². The summed E-state index contributed by atoms with van der Waals surface area (Å²) in [6, 6.07) is 0. The largest absolute Gasteiger partial charge is 0.368 e. The molecule has 0 aromatic carbocycles. The van der Waals surface area contributed by atoms with Crippen molar-refractivity contribution in [1.82, 2.24) is 14.7 Å². The SMILES string of the molecule is CCN(CCN)c1cnn(CCN(C)C)c(=O)c1Cl. The molecule has 2 N–H and O–H groups in total. The van der Waals surface area contributed by atoms with Crippen molar-refractivity contribution in [3.63, 3.8) is 0 Å². The van der Waals surface area contributed by atoms with E-state index in [1.54, 1.807) is 6.20 Å². The summed E-state index contributed by atoms with van der Waals surface area (Å²) in [6.07, 6.45) is 1.64. The predicted octanol–water partition coefficient (Wildman–Crippen LogP) is 0.243. The van der Waals surface area contributed by atoms with Crippen molar-refractivity contribution < 1.29 is 0 Å². The maximum absolute atomic E-state index is 12.1. The first-order chi connectivity index (χ1) is 9.01. The Labute approximate surface area is 118 Å². The van der Waals surface area contributed by atoms with Crippen LogP contribution in [0.2, 0.25) is 5.02 Å². The zero-order valence-corrected chi connectivity index (χ0v) is 12.5. The number of rotatable bonds is 7. The van der Waals surface area contributed by atoms with Crippen LogP contribution < -0.4 is 16.2 Å². The first kappa shape index (κ1) is 15.9. The molecule has 0 saturated heterocycles. The molecule has 6 nitrogen and oxygen atoms in total. The van der Waals surface area contributed by atoms with E-state index in [9.17, 15) is 4.79 Å². The number of hydrogen-bond donors (Lipinski definition) is 1. The second kappa shape index (κ2) is 7.47. The summed E-state index contributed by atoms with van der Waals surface area (Å²) in [7, 11) is 3.89. The lowest BCUT2D eigenvalue weighted by molar-refractivity contribution is 0.367. The Balaban J connectivity index is 2.99. The standard InChI is InChI=1S/C12H22ClN5O/c1-4-17(6-5-14)10-9-15-18(8-7-16(2)3)12(19)11(10)13/h9H,4-8,14H2,1-3H3. The number of nitrogens with zero attached hydrogens (tertiary/aromatic N) is 4. The summed E-state index contributed by atoms with van der Waals surface area (Å²) in [4.78, 5) is 16.1. The quantitative estimate of drug-likeness (QED) is 0.778. The summed E-state index contributed by atoms with van der Waals surface area (Å²) in [5.41, 5.74) is 5.95. The summed E-state index contributed by atoms with van der Waals surface area (Å²) < 4.78 is 1.39. The highest BCUT2D eigenvalue weighted by atomic mass is 35.5. The van der Waals surface area contributed by atoms with Gasteiger partial charge in [-0.1, -0.05) is 11.6 Å². The molecule has 0 saturated carbocycles. The van der Waals surface area contributed by atoms with Crippen molar-refractivity contribution in [1.29, 1.82) is 0 Å². The van der Waals surface area contributed by atoms with Gasteiger partial charge >= 0.3 is 0 Å². The average molecular weight is 288 g/mol. The lowest BCUT2D eigenvalue weighted by Gasteiger charge is -2.23. The molecule has 0 fully saturated rings. The fourth-order valence-electron chi connectivity index (χ4n) is 1.74. The number of aromatic nitrogens is 2. The molecule has 0 bridgehead atoms. The summed E-state index contributed by atoms with van der Waals surface area (Å²) >= 11 is 6.15. The zero-order chi connectivity index (χ0) is 14.4. The van der Waals surface area contributed by atoms with E-state index in [2.05, 4.69) is 5.10 Å². The van der Waals surface area contributed by atoms with E-state index in [1.165, 1.54) is 4.68 Å².